The molecule has 1 heterocycles. The molecule has 2 nitrogen and oxygen atoms in total. The topological polar surface area (TPSA) is 38.9 Å². The summed E-state index contributed by atoms with van der Waals surface area (Å²) >= 11 is 0. The van der Waals surface area contributed by atoms with Gasteiger partial charge in [-0.05, 0) is 11.5 Å². The molecule has 0 bridgehead atoms. The zero-order chi connectivity index (χ0) is 7.68. The maximum absolute atomic E-state index is 5.51. The predicted molar refractivity (Wildman–Crippen MR) is 53.4 cm³/mol. The Morgan fingerprint density at radius 3 is 2.50 bits per heavy atom. The lowest BCUT2D eigenvalue weighted by atomic mass is 10.2. The quantitative estimate of drug-likeness (QED) is 0.676. The minimum Gasteiger partial charge on any atom is -0.384 e. The maximum atomic E-state index is 5.51. The predicted octanol–water partition coefficient (Wildman–Crippen LogP) is 2.24. The molecule has 0 saturated carbocycles. The minimum absolute atomic E-state index is 0. The van der Waals surface area contributed by atoms with E-state index in [1.807, 2.05) is 30.3 Å². The highest BCUT2D eigenvalue weighted by molar-refractivity contribution is 5.85. The van der Waals surface area contributed by atoms with Gasteiger partial charge in [0.15, 0.2) is 0 Å². The fraction of sp³-hybridized carbons (Fsp3) is 0. The van der Waals surface area contributed by atoms with Crippen LogP contribution in [0.15, 0.2) is 36.5 Å². The Balaban J connectivity index is 0.000000720. The van der Waals surface area contributed by atoms with E-state index in [0.29, 0.717) is 5.82 Å². The molecular weight excluding hydrogens is 172 g/mol. The van der Waals surface area contributed by atoms with Crippen LogP contribution in [0.5, 0.6) is 0 Å². The van der Waals surface area contributed by atoms with Crippen LogP contribution in [0, 0.1) is 0 Å². The van der Waals surface area contributed by atoms with E-state index in [1.54, 1.807) is 6.20 Å². The molecule has 0 unspecified atom stereocenters. The number of aromatic nitrogens is 1. The van der Waals surface area contributed by atoms with E-state index >= 15 is 0 Å². The Kier molecular flexibility index (Phi) is 2.51. The van der Waals surface area contributed by atoms with Crippen molar-refractivity contribution in [3.63, 3.8) is 0 Å². The molecule has 0 spiro atoms. The van der Waals surface area contributed by atoms with Crippen LogP contribution < -0.4 is 5.73 Å². The molecule has 3 heteroatoms. The number of rotatable bonds is 0. The summed E-state index contributed by atoms with van der Waals surface area (Å²) < 4.78 is 0. The van der Waals surface area contributed by atoms with Crippen molar-refractivity contribution in [3.8, 4) is 0 Å². The van der Waals surface area contributed by atoms with E-state index in [0.717, 1.165) is 10.8 Å². The van der Waals surface area contributed by atoms with Crippen LogP contribution in [-0.4, -0.2) is 4.98 Å². The highest BCUT2D eigenvalue weighted by atomic mass is 35.5. The Bertz CT molecular complexity index is 387. The summed E-state index contributed by atoms with van der Waals surface area (Å²) in [5.74, 6) is 0.573. The highest BCUT2D eigenvalue weighted by Gasteiger charge is 1.91. The van der Waals surface area contributed by atoms with Crippen molar-refractivity contribution in [1.29, 1.82) is 0 Å². The molecule has 0 aliphatic carbocycles. The van der Waals surface area contributed by atoms with Gasteiger partial charge >= 0.3 is 0 Å². The fourth-order valence-corrected chi connectivity index (χ4v) is 1.10. The maximum Gasteiger partial charge on any atom is 0.123 e. The van der Waals surface area contributed by atoms with Gasteiger partial charge in [-0.3, -0.25) is 0 Å². The molecule has 0 aliphatic rings. The largest absolute Gasteiger partial charge is 0.384 e. The van der Waals surface area contributed by atoms with E-state index < -0.39 is 0 Å². The number of anilines is 1. The first kappa shape index (κ1) is 8.81. The van der Waals surface area contributed by atoms with Gasteiger partial charge in [-0.25, -0.2) is 4.98 Å². The van der Waals surface area contributed by atoms with Crippen LogP contribution >= 0.6 is 12.4 Å². The zero-order valence-electron chi connectivity index (χ0n) is 6.40. The molecule has 2 aromatic rings. The van der Waals surface area contributed by atoms with Gasteiger partial charge in [0, 0.05) is 11.6 Å². The Labute approximate surface area is 76.8 Å². The number of hydrogen-bond acceptors (Lipinski definition) is 2. The number of nitrogens with zero attached hydrogens (tertiary/aromatic N) is 1. The summed E-state index contributed by atoms with van der Waals surface area (Å²) in [5.41, 5.74) is 5.51. The smallest absolute Gasteiger partial charge is 0.123 e. The second-order valence-electron chi connectivity index (χ2n) is 2.46. The summed E-state index contributed by atoms with van der Waals surface area (Å²) in [6, 6.07) is 9.88. The van der Waals surface area contributed by atoms with E-state index in [9.17, 15) is 0 Å². The van der Waals surface area contributed by atoms with E-state index in [1.165, 1.54) is 0 Å². The molecule has 1 aromatic heterocycles. The van der Waals surface area contributed by atoms with Gasteiger partial charge in [0.25, 0.3) is 0 Å². The number of halogens is 1. The van der Waals surface area contributed by atoms with Crippen LogP contribution in [0.3, 0.4) is 0 Å². The third-order valence-electron chi connectivity index (χ3n) is 1.65. The average Bonchev–Trinajstić information content (AvgIpc) is 2.04. The monoisotopic (exact) mass is 180 g/mol. The van der Waals surface area contributed by atoms with Gasteiger partial charge in [-0.1, -0.05) is 24.3 Å². The van der Waals surface area contributed by atoms with Crippen molar-refractivity contribution in [1.82, 2.24) is 4.98 Å². The Hall–Kier alpha value is -1.28. The van der Waals surface area contributed by atoms with Gasteiger partial charge in [0.2, 0.25) is 0 Å². The molecule has 12 heavy (non-hydrogen) atoms. The standard InChI is InChI=1S/C9H8N2.ClH/c10-9-5-7-3-1-2-4-8(7)6-11-9;/h1-6H,(H2,10,11);1H. The summed E-state index contributed by atoms with van der Waals surface area (Å²) in [5, 5.41) is 2.27. The van der Waals surface area contributed by atoms with Crippen molar-refractivity contribution in [3.05, 3.63) is 36.5 Å². The number of pyridine rings is 1. The SMILES string of the molecule is Cl.Nc1cc2ccccc2cn1. The zero-order valence-corrected chi connectivity index (χ0v) is 7.21. The molecule has 62 valence electrons. The average molecular weight is 181 g/mol. The summed E-state index contributed by atoms with van der Waals surface area (Å²) in [6.07, 6.45) is 1.78. The van der Waals surface area contributed by atoms with Gasteiger partial charge in [-0.15, -0.1) is 12.4 Å². The fourth-order valence-electron chi connectivity index (χ4n) is 1.10. The second kappa shape index (κ2) is 3.41. The lowest BCUT2D eigenvalue weighted by molar-refractivity contribution is 1.37. The first-order valence-corrected chi connectivity index (χ1v) is 3.46. The number of fused-ring (bicyclic) bond motifs is 1. The number of nitrogens with two attached hydrogens (primary N) is 1. The van der Waals surface area contributed by atoms with Gasteiger partial charge in [0.05, 0.1) is 0 Å². The molecule has 0 saturated heterocycles. The summed E-state index contributed by atoms with van der Waals surface area (Å²) in [4.78, 5) is 3.99. The van der Waals surface area contributed by atoms with Crippen LogP contribution in [0.2, 0.25) is 0 Å². The normalized spacial score (nSPS) is 9.33. The van der Waals surface area contributed by atoms with Crippen molar-refractivity contribution in [2.45, 2.75) is 0 Å². The van der Waals surface area contributed by atoms with Crippen molar-refractivity contribution in [2.24, 2.45) is 0 Å². The molecule has 2 rings (SSSR count). The molecular formula is C9H9ClN2. The van der Waals surface area contributed by atoms with Crippen molar-refractivity contribution in [2.75, 3.05) is 5.73 Å². The van der Waals surface area contributed by atoms with Crippen LogP contribution in [0.25, 0.3) is 10.8 Å². The minimum atomic E-state index is 0. The summed E-state index contributed by atoms with van der Waals surface area (Å²) in [6.45, 7) is 0. The van der Waals surface area contributed by atoms with E-state index in [-0.39, 0.29) is 12.4 Å². The lowest BCUT2D eigenvalue weighted by Crippen LogP contribution is -1.87. The van der Waals surface area contributed by atoms with Crippen LogP contribution in [0.4, 0.5) is 5.82 Å². The molecule has 0 atom stereocenters. The summed E-state index contributed by atoms with van der Waals surface area (Å²) in [7, 11) is 0. The molecule has 0 amide bonds. The van der Waals surface area contributed by atoms with Crippen molar-refractivity contribution < 1.29 is 0 Å². The second-order valence-corrected chi connectivity index (χ2v) is 2.46. The molecule has 0 fully saturated rings. The molecule has 1 aromatic carbocycles. The third kappa shape index (κ3) is 1.48. The third-order valence-corrected chi connectivity index (χ3v) is 1.65. The number of nitrogen functional groups attached to an aromatic ring is 1. The highest BCUT2D eigenvalue weighted by Crippen LogP contribution is 2.13. The Morgan fingerprint density at radius 1 is 1.08 bits per heavy atom. The van der Waals surface area contributed by atoms with Crippen LogP contribution in [0.1, 0.15) is 0 Å². The van der Waals surface area contributed by atoms with E-state index in [4.69, 9.17) is 5.73 Å². The van der Waals surface area contributed by atoms with Gasteiger partial charge in [0.1, 0.15) is 5.82 Å². The first-order chi connectivity index (χ1) is 5.36. The molecule has 0 aliphatic heterocycles. The van der Waals surface area contributed by atoms with Crippen LogP contribution in [-0.2, 0) is 0 Å². The van der Waals surface area contributed by atoms with Crippen molar-refractivity contribution >= 4 is 29.0 Å². The number of benzene rings is 1. The lowest BCUT2D eigenvalue weighted by Gasteiger charge is -1.96. The first-order valence-electron chi connectivity index (χ1n) is 3.46. The van der Waals surface area contributed by atoms with E-state index in [2.05, 4.69) is 4.98 Å². The molecule has 2 N–H and O–H groups in total. The molecule has 0 radical (unpaired) electrons. The van der Waals surface area contributed by atoms with Gasteiger partial charge < -0.3 is 5.73 Å². The Morgan fingerprint density at radius 2 is 1.75 bits per heavy atom. The number of hydrogen-bond donors (Lipinski definition) is 1. The van der Waals surface area contributed by atoms with Gasteiger partial charge in [-0.2, -0.15) is 0 Å².